The fourth-order valence-corrected chi connectivity index (χ4v) is 3.49. The predicted octanol–water partition coefficient (Wildman–Crippen LogP) is 2.88. The van der Waals surface area contributed by atoms with Gasteiger partial charge < -0.3 is 14.2 Å². The first-order chi connectivity index (χ1) is 12.0. The molecule has 1 saturated heterocycles. The number of rotatable bonds is 5. The van der Waals surface area contributed by atoms with Crippen LogP contribution in [0, 0.1) is 6.92 Å². The summed E-state index contributed by atoms with van der Waals surface area (Å²) in [5, 5.41) is 0.598. The van der Waals surface area contributed by atoms with Gasteiger partial charge >= 0.3 is 0 Å². The number of ether oxygens (including phenoxy) is 1. The quantitative estimate of drug-likeness (QED) is 0.839. The van der Waals surface area contributed by atoms with E-state index in [4.69, 9.17) is 4.74 Å². The van der Waals surface area contributed by atoms with Crippen LogP contribution in [-0.2, 0) is 11.8 Å². The Labute approximate surface area is 148 Å². The highest BCUT2D eigenvalue weighted by atomic mass is 16.5. The maximum atomic E-state index is 12.8. The van der Waals surface area contributed by atoms with Crippen LogP contribution < -0.4 is 5.43 Å². The summed E-state index contributed by atoms with van der Waals surface area (Å²) in [6.07, 6.45) is 6.08. The smallest absolute Gasteiger partial charge is 0.259 e. The summed E-state index contributed by atoms with van der Waals surface area (Å²) >= 11 is 0. The number of aryl methyl sites for hydroxylation is 2. The molecule has 0 spiro atoms. The van der Waals surface area contributed by atoms with E-state index >= 15 is 0 Å². The molecule has 2 aromatic rings. The molecule has 25 heavy (non-hydrogen) atoms. The third kappa shape index (κ3) is 3.76. The van der Waals surface area contributed by atoms with Crippen molar-refractivity contribution in [3.63, 3.8) is 0 Å². The van der Waals surface area contributed by atoms with Gasteiger partial charge in [-0.15, -0.1) is 0 Å². The third-order valence-electron chi connectivity index (χ3n) is 4.96. The Balaban J connectivity index is 1.76. The van der Waals surface area contributed by atoms with Crippen LogP contribution in [0.1, 0.15) is 41.6 Å². The van der Waals surface area contributed by atoms with Crippen LogP contribution in [-0.4, -0.2) is 41.7 Å². The van der Waals surface area contributed by atoms with Crippen LogP contribution in [0.2, 0.25) is 0 Å². The van der Waals surface area contributed by atoms with E-state index in [0.717, 1.165) is 43.4 Å². The molecule has 2 heterocycles. The van der Waals surface area contributed by atoms with E-state index in [1.807, 2.05) is 36.7 Å². The third-order valence-corrected chi connectivity index (χ3v) is 4.96. The maximum absolute atomic E-state index is 12.8. The second-order valence-corrected chi connectivity index (χ2v) is 7.01. The van der Waals surface area contributed by atoms with Crippen molar-refractivity contribution in [2.24, 2.45) is 7.05 Å². The monoisotopic (exact) mass is 342 g/mol. The molecular weight excluding hydrogens is 316 g/mol. The molecule has 0 saturated carbocycles. The van der Waals surface area contributed by atoms with Gasteiger partial charge in [-0.2, -0.15) is 0 Å². The summed E-state index contributed by atoms with van der Waals surface area (Å²) < 4.78 is 7.47. The summed E-state index contributed by atoms with van der Waals surface area (Å²) in [5.41, 5.74) is 1.90. The second-order valence-electron chi connectivity index (χ2n) is 7.01. The van der Waals surface area contributed by atoms with Gasteiger partial charge in [0.2, 0.25) is 5.43 Å². The van der Waals surface area contributed by atoms with E-state index in [-0.39, 0.29) is 16.9 Å². The number of hydrogen-bond acceptors (Lipinski definition) is 3. The molecule has 0 bridgehead atoms. The SMILES string of the molecule is Cc1ccc2c(c1)c(=O)c(C(=O)N(C)CCCC1CCCO1)cn2C. The molecule has 1 aliphatic heterocycles. The Bertz CT molecular complexity index is 835. The standard InChI is InChI=1S/C20H26N2O3/c1-14-8-9-18-16(12-14)19(23)17(13-22(18)3)20(24)21(2)10-4-6-15-7-5-11-25-15/h8-9,12-13,15H,4-7,10-11H2,1-3H3. The molecule has 1 aromatic carbocycles. The normalized spacial score (nSPS) is 17.2. The molecule has 3 rings (SSSR count). The molecule has 1 aromatic heterocycles. The van der Waals surface area contributed by atoms with E-state index in [1.54, 1.807) is 18.1 Å². The lowest BCUT2D eigenvalue weighted by molar-refractivity contribution is 0.0761. The molecule has 1 amide bonds. The fourth-order valence-electron chi connectivity index (χ4n) is 3.49. The number of benzene rings is 1. The molecule has 1 unspecified atom stereocenters. The van der Waals surface area contributed by atoms with E-state index in [1.165, 1.54) is 0 Å². The Morgan fingerprint density at radius 1 is 1.40 bits per heavy atom. The minimum absolute atomic E-state index is 0.187. The van der Waals surface area contributed by atoms with Crippen molar-refractivity contribution in [2.45, 2.75) is 38.7 Å². The van der Waals surface area contributed by atoms with Crippen molar-refractivity contribution < 1.29 is 9.53 Å². The molecule has 1 fully saturated rings. The summed E-state index contributed by atoms with van der Waals surface area (Å²) in [7, 11) is 3.63. The summed E-state index contributed by atoms with van der Waals surface area (Å²) in [6.45, 7) is 3.43. The second kappa shape index (κ2) is 7.40. The zero-order valence-corrected chi connectivity index (χ0v) is 15.2. The van der Waals surface area contributed by atoms with Gasteiger partial charge in [0.25, 0.3) is 5.91 Å². The van der Waals surface area contributed by atoms with Gasteiger partial charge in [0.1, 0.15) is 5.56 Å². The molecule has 0 N–H and O–H groups in total. The van der Waals surface area contributed by atoms with Crippen LogP contribution in [0.4, 0.5) is 0 Å². The molecule has 5 nitrogen and oxygen atoms in total. The number of carbonyl (C=O) groups excluding carboxylic acids is 1. The molecular formula is C20H26N2O3. The van der Waals surface area contributed by atoms with Crippen LogP contribution in [0.25, 0.3) is 10.9 Å². The van der Waals surface area contributed by atoms with E-state index < -0.39 is 0 Å². The van der Waals surface area contributed by atoms with Gasteiger partial charge in [0.05, 0.1) is 11.6 Å². The van der Waals surface area contributed by atoms with E-state index in [2.05, 4.69) is 0 Å². The lowest BCUT2D eigenvalue weighted by Crippen LogP contribution is -2.32. The fraction of sp³-hybridized carbons (Fsp3) is 0.500. The minimum atomic E-state index is -0.212. The first-order valence-corrected chi connectivity index (χ1v) is 8.94. The number of hydrogen-bond donors (Lipinski definition) is 0. The number of fused-ring (bicyclic) bond motifs is 1. The van der Waals surface area contributed by atoms with Crippen molar-refractivity contribution >= 4 is 16.8 Å². The predicted molar refractivity (Wildman–Crippen MR) is 99.1 cm³/mol. The molecule has 1 aliphatic rings. The lowest BCUT2D eigenvalue weighted by Gasteiger charge is -2.19. The van der Waals surface area contributed by atoms with E-state index in [0.29, 0.717) is 18.0 Å². The number of nitrogens with zero attached hydrogens (tertiary/aromatic N) is 2. The molecule has 5 heteroatoms. The number of amides is 1. The average molecular weight is 342 g/mol. The van der Waals surface area contributed by atoms with Crippen LogP contribution in [0.5, 0.6) is 0 Å². The van der Waals surface area contributed by atoms with Crippen molar-refractivity contribution in [3.8, 4) is 0 Å². The van der Waals surface area contributed by atoms with E-state index in [9.17, 15) is 9.59 Å². The largest absolute Gasteiger partial charge is 0.378 e. The summed E-state index contributed by atoms with van der Waals surface area (Å²) in [5.74, 6) is -0.212. The Morgan fingerprint density at radius 3 is 2.92 bits per heavy atom. The average Bonchev–Trinajstić information content (AvgIpc) is 3.10. The van der Waals surface area contributed by atoms with Crippen molar-refractivity contribution in [1.82, 2.24) is 9.47 Å². The van der Waals surface area contributed by atoms with Gasteiger partial charge in [-0.25, -0.2) is 0 Å². The summed E-state index contributed by atoms with van der Waals surface area (Å²) in [6, 6.07) is 5.75. The number of carbonyl (C=O) groups is 1. The van der Waals surface area contributed by atoms with Gasteiger partial charge in [-0.3, -0.25) is 9.59 Å². The van der Waals surface area contributed by atoms with Crippen molar-refractivity contribution in [3.05, 3.63) is 45.7 Å². The first-order valence-electron chi connectivity index (χ1n) is 8.94. The van der Waals surface area contributed by atoms with Crippen LogP contribution in [0.3, 0.4) is 0 Å². The first kappa shape index (κ1) is 17.7. The zero-order chi connectivity index (χ0) is 18.0. The lowest BCUT2D eigenvalue weighted by atomic mass is 10.1. The van der Waals surface area contributed by atoms with Gasteiger partial charge in [0.15, 0.2) is 0 Å². The van der Waals surface area contributed by atoms with Crippen LogP contribution in [0.15, 0.2) is 29.2 Å². The molecule has 1 atom stereocenters. The molecule has 0 radical (unpaired) electrons. The number of pyridine rings is 1. The van der Waals surface area contributed by atoms with Crippen molar-refractivity contribution in [1.29, 1.82) is 0 Å². The molecule has 0 aliphatic carbocycles. The maximum Gasteiger partial charge on any atom is 0.259 e. The van der Waals surface area contributed by atoms with Gasteiger partial charge in [0, 0.05) is 38.8 Å². The Kier molecular flexibility index (Phi) is 5.23. The zero-order valence-electron chi connectivity index (χ0n) is 15.2. The Morgan fingerprint density at radius 2 is 2.20 bits per heavy atom. The van der Waals surface area contributed by atoms with Crippen molar-refractivity contribution in [2.75, 3.05) is 20.2 Å². The Hall–Kier alpha value is -2.14. The topological polar surface area (TPSA) is 51.5 Å². The number of aromatic nitrogens is 1. The van der Waals surface area contributed by atoms with Crippen LogP contribution >= 0.6 is 0 Å². The highest BCUT2D eigenvalue weighted by Gasteiger charge is 2.19. The summed E-state index contributed by atoms with van der Waals surface area (Å²) in [4.78, 5) is 27.2. The minimum Gasteiger partial charge on any atom is -0.378 e. The highest BCUT2D eigenvalue weighted by Crippen LogP contribution is 2.17. The van der Waals surface area contributed by atoms with Gasteiger partial charge in [-0.05, 0) is 44.7 Å². The molecule has 134 valence electrons. The van der Waals surface area contributed by atoms with Gasteiger partial charge in [-0.1, -0.05) is 11.6 Å². The highest BCUT2D eigenvalue weighted by molar-refractivity contribution is 5.97.